The molecule has 0 aromatic rings. The maximum absolute atomic E-state index is 3.52. The van der Waals surface area contributed by atoms with Gasteiger partial charge in [0.1, 0.15) is 0 Å². The van der Waals surface area contributed by atoms with Crippen molar-refractivity contribution in [1.29, 1.82) is 0 Å². The highest BCUT2D eigenvalue weighted by molar-refractivity contribution is 4.58. The second-order valence-electron chi connectivity index (χ2n) is 3.70. The first-order chi connectivity index (χ1) is 6.35. The smallest absolute Gasteiger partial charge is 0.00207 e. The molecule has 0 amide bonds. The third kappa shape index (κ3) is 8.26. The van der Waals surface area contributed by atoms with Crippen LogP contribution in [0.1, 0.15) is 39.5 Å². The lowest BCUT2D eigenvalue weighted by atomic mass is 10.0. The van der Waals surface area contributed by atoms with E-state index in [1.807, 2.05) is 7.05 Å². The fraction of sp³-hybridized carbons (Fsp3) is 1.00. The molecule has 0 radical (unpaired) electrons. The minimum absolute atomic E-state index is 0.879. The summed E-state index contributed by atoms with van der Waals surface area (Å²) < 4.78 is 0. The van der Waals surface area contributed by atoms with Gasteiger partial charge >= 0.3 is 0 Å². The van der Waals surface area contributed by atoms with Gasteiger partial charge in [-0.2, -0.15) is 0 Å². The molecule has 80 valence electrons. The molecule has 0 spiro atoms. The van der Waals surface area contributed by atoms with E-state index in [4.69, 9.17) is 0 Å². The van der Waals surface area contributed by atoms with Gasteiger partial charge in [-0.1, -0.05) is 26.7 Å². The first kappa shape index (κ1) is 12.9. The Morgan fingerprint density at radius 2 is 1.62 bits per heavy atom. The summed E-state index contributed by atoms with van der Waals surface area (Å²) in [5.74, 6) is 0.879. The van der Waals surface area contributed by atoms with Crippen molar-refractivity contribution in [1.82, 2.24) is 10.6 Å². The molecule has 0 atom stereocenters. The van der Waals surface area contributed by atoms with Crippen LogP contribution in [-0.2, 0) is 0 Å². The van der Waals surface area contributed by atoms with Gasteiger partial charge in [0, 0.05) is 0 Å². The first-order valence-electron chi connectivity index (χ1n) is 5.70. The predicted octanol–water partition coefficient (Wildman–Crippen LogP) is 2.01. The third-order valence-electron chi connectivity index (χ3n) is 2.62. The molecule has 2 nitrogen and oxygen atoms in total. The van der Waals surface area contributed by atoms with Gasteiger partial charge in [0.2, 0.25) is 0 Å². The zero-order chi connectivity index (χ0) is 9.94. The van der Waals surface area contributed by atoms with Crippen LogP contribution in [0.15, 0.2) is 0 Å². The molecule has 0 aromatic carbocycles. The van der Waals surface area contributed by atoms with Gasteiger partial charge < -0.3 is 10.6 Å². The maximum Gasteiger partial charge on any atom is -0.00207 e. The Bertz CT molecular complexity index is 90.1. The minimum Gasteiger partial charge on any atom is -0.320 e. The van der Waals surface area contributed by atoms with Crippen molar-refractivity contribution in [3.8, 4) is 0 Å². The molecule has 0 aliphatic carbocycles. The van der Waals surface area contributed by atoms with E-state index in [1.165, 1.54) is 38.8 Å². The molecular weight excluding hydrogens is 160 g/mol. The van der Waals surface area contributed by atoms with Crippen LogP contribution in [-0.4, -0.2) is 26.7 Å². The van der Waals surface area contributed by atoms with E-state index in [0.29, 0.717) is 0 Å². The van der Waals surface area contributed by atoms with Gasteiger partial charge in [0.05, 0.1) is 0 Å². The number of hydrogen-bond acceptors (Lipinski definition) is 2. The summed E-state index contributed by atoms with van der Waals surface area (Å²) in [6, 6.07) is 0. The van der Waals surface area contributed by atoms with E-state index in [1.54, 1.807) is 0 Å². The number of nitrogens with one attached hydrogen (secondary N) is 2. The summed E-state index contributed by atoms with van der Waals surface area (Å²) in [6.07, 6.45) is 5.19. The largest absolute Gasteiger partial charge is 0.320 e. The fourth-order valence-electron chi connectivity index (χ4n) is 1.44. The topological polar surface area (TPSA) is 24.1 Å². The minimum atomic E-state index is 0.879. The standard InChI is InChI=1S/C11H26N2/c1-4-11(5-2)10-13-9-7-6-8-12-3/h11-13H,4-10H2,1-3H3. The van der Waals surface area contributed by atoms with E-state index in [2.05, 4.69) is 24.5 Å². The van der Waals surface area contributed by atoms with Crippen LogP contribution in [0, 0.1) is 5.92 Å². The molecule has 13 heavy (non-hydrogen) atoms. The van der Waals surface area contributed by atoms with Crippen molar-refractivity contribution in [3.05, 3.63) is 0 Å². The van der Waals surface area contributed by atoms with E-state index >= 15 is 0 Å². The van der Waals surface area contributed by atoms with Crippen molar-refractivity contribution in [3.63, 3.8) is 0 Å². The Morgan fingerprint density at radius 3 is 2.15 bits per heavy atom. The van der Waals surface area contributed by atoms with Crippen molar-refractivity contribution in [2.75, 3.05) is 26.7 Å². The van der Waals surface area contributed by atoms with Crippen LogP contribution in [0.4, 0.5) is 0 Å². The molecule has 0 unspecified atom stereocenters. The highest BCUT2D eigenvalue weighted by Crippen LogP contribution is 2.04. The van der Waals surface area contributed by atoms with Crippen LogP contribution in [0.25, 0.3) is 0 Å². The summed E-state index contributed by atoms with van der Waals surface area (Å²) in [4.78, 5) is 0. The Hall–Kier alpha value is -0.0800. The van der Waals surface area contributed by atoms with E-state index < -0.39 is 0 Å². The van der Waals surface area contributed by atoms with Crippen LogP contribution >= 0.6 is 0 Å². The zero-order valence-corrected chi connectivity index (χ0v) is 9.53. The molecule has 0 rings (SSSR count). The molecule has 0 aromatic heterocycles. The average Bonchev–Trinajstić information content (AvgIpc) is 2.17. The molecule has 0 heterocycles. The Morgan fingerprint density at radius 1 is 1.00 bits per heavy atom. The first-order valence-corrected chi connectivity index (χ1v) is 5.70. The molecule has 0 saturated heterocycles. The van der Waals surface area contributed by atoms with Gasteiger partial charge in [-0.3, -0.25) is 0 Å². The molecule has 0 saturated carbocycles. The predicted molar refractivity (Wildman–Crippen MR) is 60.1 cm³/mol. The summed E-state index contributed by atoms with van der Waals surface area (Å²) in [5, 5.41) is 6.68. The Labute approximate surface area is 83.5 Å². The fourth-order valence-corrected chi connectivity index (χ4v) is 1.44. The molecule has 2 heteroatoms. The molecular formula is C11H26N2. The maximum atomic E-state index is 3.52. The van der Waals surface area contributed by atoms with Gasteiger partial charge in [0.15, 0.2) is 0 Å². The summed E-state index contributed by atoms with van der Waals surface area (Å²) in [5.41, 5.74) is 0. The highest BCUT2D eigenvalue weighted by atomic mass is 14.9. The van der Waals surface area contributed by atoms with Crippen LogP contribution in [0.2, 0.25) is 0 Å². The van der Waals surface area contributed by atoms with Crippen LogP contribution in [0.5, 0.6) is 0 Å². The lowest BCUT2D eigenvalue weighted by molar-refractivity contribution is 0.445. The van der Waals surface area contributed by atoms with Crippen LogP contribution in [0.3, 0.4) is 0 Å². The SMILES string of the molecule is CCC(CC)CNCCCCNC. The van der Waals surface area contributed by atoms with Gasteiger partial charge in [-0.15, -0.1) is 0 Å². The number of unbranched alkanes of at least 4 members (excludes halogenated alkanes) is 1. The van der Waals surface area contributed by atoms with Crippen molar-refractivity contribution in [2.45, 2.75) is 39.5 Å². The van der Waals surface area contributed by atoms with Gasteiger partial charge in [-0.25, -0.2) is 0 Å². The summed E-state index contributed by atoms with van der Waals surface area (Å²) in [7, 11) is 2.01. The van der Waals surface area contributed by atoms with Gasteiger partial charge in [0.25, 0.3) is 0 Å². The molecule has 2 N–H and O–H groups in total. The monoisotopic (exact) mass is 186 g/mol. The number of hydrogen-bond donors (Lipinski definition) is 2. The molecule has 0 aliphatic rings. The lowest BCUT2D eigenvalue weighted by Crippen LogP contribution is -2.23. The van der Waals surface area contributed by atoms with E-state index in [-0.39, 0.29) is 0 Å². The van der Waals surface area contributed by atoms with Crippen molar-refractivity contribution < 1.29 is 0 Å². The Kier molecular flexibility index (Phi) is 9.94. The molecule has 0 fully saturated rings. The van der Waals surface area contributed by atoms with E-state index in [9.17, 15) is 0 Å². The lowest BCUT2D eigenvalue weighted by Gasteiger charge is -2.12. The normalized spacial score (nSPS) is 11.1. The van der Waals surface area contributed by atoms with E-state index in [0.717, 1.165) is 12.5 Å². The molecule has 0 bridgehead atoms. The second kappa shape index (κ2) is 10.0. The summed E-state index contributed by atoms with van der Waals surface area (Å²) in [6.45, 7) is 8.07. The second-order valence-corrected chi connectivity index (χ2v) is 3.70. The average molecular weight is 186 g/mol. The van der Waals surface area contributed by atoms with Crippen molar-refractivity contribution >= 4 is 0 Å². The quantitative estimate of drug-likeness (QED) is 0.538. The zero-order valence-electron chi connectivity index (χ0n) is 9.53. The van der Waals surface area contributed by atoms with Gasteiger partial charge in [-0.05, 0) is 45.4 Å². The summed E-state index contributed by atoms with van der Waals surface area (Å²) >= 11 is 0. The van der Waals surface area contributed by atoms with Crippen molar-refractivity contribution in [2.24, 2.45) is 5.92 Å². The van der Waals surface area contributed by atoms with Crippen LogP contribution < -0.4 is 10.6 Å². The third-order valence-corrected chi connectivity index (χ3v) is 2.62. The molecule has 0 aliphatic heterocycles. The number of rotatable bonds is 9. The highest BCUT2D eigenvalue weighted by Gasteiger charge is 2.00. The Balaban J connectivity index is 3.05.